The maximum atomic E-state index is 12.5. The van der Waals surface area contributed by atoms with Gasteiger partial charge in [0.15, 0.2) is 5.13 Å². The molecule has 23 heavy (non-hydrogen) atoms. The second-order valence-electron chi connectivity index (χ2n) is 5.59. The minimum Gasteiger partial charge on any atom is -0.338 e. The summed E-state index contributed by atoms with van der Waals surface area (Å²) in [6.07, 6.45) is 5.21. The maximum Gasteiger partial charge on any atom is 0.255 e. The molecule has 3 rings (SSSR count). The van der Waals surface area contributed by atoms with Crippen LogP contribution in [0.5, 0.6) is 0 Å². The highest BCUT2D eigenvalue weighted by atomic mass is 32.1. The molecule has 120 valence electrons. The van der Waals surface area contributed by atoms with E-state index >= 15 is 0 Å². The van der Waals surface area contributed by atoms with Gasteiger partial charge in [-0.05, 0) is 25.0 Å². The van der Waals surface area contributed by atoms with Crippen molar-refractivity contribution in [2.45, 2.75) is 25.7 Å². The second kappa shape index (κ2) is 6.87. The van der Waals surface area contributed by atoms with Gasteiger partial charge in [-0.25, -0.2) is 4.98 Å². The lowest BCUT2D eigenvalue weighted by atomic mass is 9.95. The van der Waals surface area contributed by atoms with Gasteiger partial charge >= 0.3 is 0 Å². The summed E-state index contributed by atoms with van der Waals surface area (Å²) >= 11 is 1.42. The SMILES string of the molecule is CC(=O)Nc1nc(C2CCCN(C(=O)c3cccnc3)C2)cs1. The Morgan fingerprint density at radius 1 is 1.43 bits per heavy atom. The monoisotopic (exact) mass is 330 g/mol. The van der Waals surface area contributed by atoms with Crippen molar-refractivity contribution in [2.24, 2.45) is 0 Å². The van der Waals surface area contributed by atoms with E-state index in [-0.39, 0.29) is 17.7 Å². The fourth-order valence-electron chi connectivity index (χ4n) is 2.76. The van der Waals surface area contributed by atoms with Gasteiger partial charge in [0, 0.05) is 43.7 Å². The van der Waals surface area contributed by atoms with Gasteiger partial charge in [0.05, 0.1) is 11.3 Å². The Balaban J connectivity index is 1.69. The smallest absolute Gasteiger partial charge is 0.255 e. The van der Waals surface area contributed by atoms with Gasteiger partial charge in [0.1, 0.15) is 0 Å². The van der Waals surface area contributed by atoms with Crippen LogP contribution in [0.25, 0.3) is 0 Å². The van der Waals surface area contributed by atoms with E-state index in [9.17, 15) is 9.59 Å². The molecule has 2 aromatic heterocycles. The number of likely N-dealkylation sites (tertiary alicyclic amines) is 1. The maximum absolute atomic E-state index is 12.5. The summed E-state index contributed by atoms with van der Waals surface area (Å²) in [4.78, 5) is 34.0. The second-order valence-corrected chi connectivity index (χ2v) is 6.45. The molecule has 1 unspecified atom stereocenters. The lowest BCUT2D eigenvalue weighted by molar-refractivity contribution is -0.114. The number of anilines is 1. The zero-order chi connectivity index (χ0) is 16.2. The molecule has 1 saturated heterocycles. The quantitative estimate of drug-likeness (QED) is 0.938. The number of nitrogens with one attached hydrogen (secondary N) is 1. The van der Waals surface area contributed by atoms with Crippen LogP contribution in [0, 0.1) is 0 Å². The number of rotatable bonds is 3. The first-order valence-corrected chi connectivity index (χ1v) is 8.44. The highest BCUT2D eigenvalue weighted by Gasteiger charge is 2.27. The van der Waals surface area contributed by atoms with E-state index in [1.807, 2.05) is 10.3 Å². The van der Waals surface area contributed by atoms with E-state index in [2.05, 4.69) is 15.3 Å². The summed E-state index contributed by atoms with van der Waals surface area (Å²) < 4.78 is 0. The van der Waals surface area contributed by atoms with Crippen molar-refractivity contribution in [1.82, 2.24) is 14.9 Å². The topological polar surface area (TPSA) is 75.2 Å². The third-order valence-electron chi connectivity index (χ3n) is 3.84. The van der Waals surface area contributed by atoms with Gasteiger partial charge < -0.3 is 10.2 Å². The minimum atomic E-state index is -0.122. The van der Waals surface area contributed by atoms with Gasteiger partial charge in [-0.15, -0.1) is 11.3 Å². The number of hydrogen-bond acceptors (Lipinski definition) is 5. The number of pyridine rings is 1. The van der Waals surface area contributed by atoms with E-state index in [1.54, 1.807) is 24.5 Å². The number of carbonyl (C=O) groups excluding carboxylic acids is 2. The molecule has 0 aromatic carbocycles. The molecule has 1 N–H and O–H groups in total. The van der Waals surface area contributed by atoms with Crippen molar-refractivity contribution in [3.63, 3.8) is 0 Å². The van der Waals surface area contributed by atoms with Crippen molar-refractivity contribution < 1.29 is 9.59 Å². The van der Waals surface area contributed by atoms with Crippen LogP contribution in [0.4, 0.5) is 5.13 Å². The number of hydrogen-bond donors (Lipinski definition) is 1. The molecule has 1 fully saturated rings. The number of nitrogens with zero attached hydrogens (tertiary/aromatic N) is 3. The normalized spacial score (nSPS) is 17.8. The number of aromatic nitrogens is 2. The lowest BCUT2D eigenvalue weighted by Crippen LogP contribution is -2.39. The summed E-state index contributed by atoms with van der Waals surface area (Å²) in [5, 5.41) is 5.28. The van der Waals surface area contributed by atoms with Crippen LogP contribution in [0.15, 0.2) is 29.9 Å². The predicted molar refractivity (Wildman–Crippen MR) is 88.5 cm³/mol. The van der Waals surface area contributed by atoms with E-state index in [0.29, 0.717) is 17.2 Å². The average Bonchev–Trinajstić information content (AvgIpc) is 3.03. The zero-order valence-corrected chi connectivity index (χ0v) is 13.7. The molecule has 0 spiro atoms. The molecular weight excluding hydrogens is 312 g/mol. The molecule has 2 aromatic rings. The predicted octanol–water partition coefficient (Wildman–Crippen LogP) is 2.52. The number of thiazole rings is 1. The molecule has 1 atom stereocenters. The summed E-state index contributed by atoms with van der Waals surface area (Å²) in [5.41, 5.74) is 1.56. The van der Waals surface area contributed by atoms with Crippen LogP contribution in [0.3, 0.4) is 0 Å². The first-order chi connectivity index (χ1) is 11.1. The van der Waals surface area contributed by atoms with Crippen molar-refractivity contribution in [1.29, 1.82) is 0 Å². The Morgan fingerprint density at radius 3 is 3.04 bits per heavy atom. The Hall–Kier alpha value is -2.28. The molecule has 2 amide bonds. The largest absolute Gasteiger partial charge is 0.338 e. The van der Waals surface area contributed by atoms with Gasteiger partial charge in [-0.1, -0.05) is 0 Å². The molecule has 0 aliphatic carbocycles. The molecule has 0 bridgehead atoms. The van der Waals surface area contributed by atoms with Crippen LogP contribution < -0.4 is 5.32 Å². The minimum absolute atomic E-state index is 0.0140. The van der Waals surface area contributed by atoms with E-state index in [4.69, 9.17) is 0 Å². The molecule has 0 saturated carbocycles. The highest BCUT2D eigenvalue weighted by Crippen LogP contribution is 2.30. The molecular formula is C16H18N4O2S. The van der Waals surface area contributed by atoms with Crippen LogP contribution >= 0.6 is 11.3 Å². The van der Waals surface area contributed by atoms with E-state index in [1.165, 1.54) is 18.3 Å². The standard InChI is InChI=1S/C16H18N4O2S/c1-11(21)18-16-19-14(10-23-16)13-5-3-7-20(9-13)15(22)12-4-2-6-17-8-12/h2,4,6,8,10,13H,3,5,7,9H2,1H3,(H,18,19,21). The van der Waals surface area contributed by atoms with Crippen molar-refractivity contribution in [3.8, 4) is 0 Å². The summed E-state index contributed by atoms with van der Waals surface area (Å²) in [6, 6.07) is 3.56. The summed E-state index contributed by atoms with van der Waals surface area (Å²) in [6.45, 7) is 2.87. The fraction of sp³-hybridized carbons (Fsp3) is 0.375. The van der Waals surface area contributed by atoms with Crippen molar-refractivity contribution in [3.05, 3.63) is 41.2 Å². The van der Waals surface area contributed by atoms with Gasteiger partial charge in [0.2, 0.25) is 5.91 Å². The molecule has 6 nitrogen and oxygen atoms in total. The number of amides is 2. The molecule has 1 aliphatic rings. The Kier molecular flexibility index (Phi) is 4.66. The van der Waals surface area contributed by atoms with Crippen LogP contribution in [-0.4, -0.2) is 39.8 Å². The fourth-order valence-corrected chi connectivity index (χ4v) is 3.59. The lowest BCUT2D eigenvalue weighted by Gasteiger charge is -2.32. The van der Waals surface area contributed by atoms with Crippen LogP contribution in [-0.2, 0) is 4.79 Å². The van der Waals surface area contributed by atoms with E-state index < -0.39 is 0 Å². The molecule has 3 heterocycles. The third kappa shape index (κ3) is 3.73. The highest BCUT2D eigenvalue weighted by molar-refractivity contribution is 7.13. The van der Waals surface area contributed by atoms with Gasteiger partial charge in [-0.2, -0.15) is 0 Å². The summed E-state index contributed by atoms with van der Waals surface area (Å²) in [7, 11) is 0. The summed E-state index contributed by atoms with van der Waals surface area (Å²) in [5.74, 6) is 0.103. The molecule has 1 aliphatic heterocycles. The molecule has 7 heteroatoms. The number of carbonyl (C=O) groups is 2. The van der Waals surface area contributed by atoms with Crippen molar-refractivity contribution in [2.75, 3.05) is 18.4 Å². The van der Waals surface area contributed by atoms with Gasteiger partial charge in [-0.3, -0.25) is 14.6 Å². The molecule has 0 radical (unpaired) electrons. The Bertz CT molecular complexity index is 701. The number of piperidine rings is 1. The Morgan fingerprint density at radius 2 is 2.30 bits per heavy atom. The van der Waals surface area contributed by atoms with Crippen molar-refractivity contribution >= 4 is 28.3 Å². The third-order valence-corrected chi connectivity index (χ3v) is 4.62. The first kappa shape index (κ1) is 15.6. The van der Waals surface area contributed by atoms with Gasteiger partial charge in [0.25, 0.3) is 5.91 Å². The van der Waals surface area contributed by atoms with E-state index in [0.717, 1.165) is 25.1 Å². The average molecular weight is 330 g/mol. The zero-order valence-electron chi connectivity index (χ0n) is 12.9. The van der Waals surface area contributed by atoms with Crippen LogP contribution in [0.1, 0.15) is 41.7 Å². The van der Waals surface area contributed by atoms with Crippen LogP contribution in [0.2, 0.25) is 0 Å². The Labute approximate surface area is 138 Å². The first-order valence-electron chi connectivity index (χ1n) is 7.56.